The number of hydrogen-bond donors (Lipinski definition) is 1. The molecule has 0 saturated carbocycles. The molecule has 3 unspecified atom stereocenters. The molecule has 1 saturated heterocycles. The highest BCUT2D eigenvalue weighted by Gasteiger charge is 2.47. The summed E-state index contributed by atoms with van der Waals surface area (Å²) in [6.07, 6.45) is 2.65. The van der Waals surface area contributed by atoms with Crippen LogP contribution in [0, 0.1) is 11.3 Å². The molecule has 0 spiro atoms. The van der Waals surface area contributed by atoms with Crippen molar-refractivity contribution < 1.29 is 9.59 Å². The zero-order chi connectivity index (χ0) is 16.4. The number of nitrogens with one attached hydrogen (secondary N) is 1. The minimum Gasteiger partial charge on any atom is -0.342 e. The van der Waals surface area contributed by atoms with Crippen LogP contribution in [0.15, 0.2) is 0 Å². The molecule has 1 aliphatic rings. The summed E-state index contributed by atoms with van der Waals surface area (Å²) < 4.78 is 0. The molecule has 1 heterocycles. The summed E-state index contributed by atoms with van der Waals surface area (Å²) in [7, 11) is 0. The molecule has 0 aromatic rings. The van der Waals surface area contributed by atoms with Gasteiger partial charge in [0.05, 0.1) is 0 Å². The molecular weight excluding hydrogens is 264 g/mol. The number of carbonyl (C=O) groups is 2. The third-order valence-electron chi connectivity index (χ3n) is 4.10. The van der Waals surface area contributed by atoms with Crippen LogP contribution >= 0.6 is 0 Å². The smallest absolute Gasteiger partial charge is 0.246 e. The molecule has 1 fully saturated rings. The van der Waals surface area contributed by atoms with Crippen molar-refractivity contribution in [3.63, 3.8) is 0 Å². The van der Waals surface area contributed by atoms with Gasteiger partial charge in [0.25, 0.3) is 0 Å². The molecule has 3 atom stereocenters. The van der Waals surface area contributed by atoms with E-state index < -0.39 is 0 Å². The van der Waals surface area contributed by atoms with Crippen LogP contribution in [-0.2, 0) is 9.59 Å². The second-order valence-corrected chi connectivity index (χ2v) is 7.84. The van der Waals surface area contributed by atoms with Gasteiger partial charge in [-0.2, -0.15) is 0 Å². The molecular formula is C17H32N2O2. The number of rotatable bonds is 5. The molecule has 4 heteroatoms. The molecule has 0 aliphatic carbocycles. The topological polar surface area (TPSA) is 49.4 Å². The summed E-state index contributed by atoms with van der Waals surface area (Å²) in [6.45, 7) is 14.4. The van der Waals surface area contributed by atoms with E-state index in [9.17, 15) is 9.59 Å². The zero-order valence-corrected chi connectivity index (χ0v) is 14.7. The second kappa shape index (κ2) is 6.80. The van der Waals surface area contributed by atoms with E-state index in [0.717, 1.165) is 12.8 Å². The maximum Gasteiger partial charge on any atom is 0.246 e. The van der Waals surface area contributed by atoms with Crippen molar-refractivity contribution in [2.45, 2.75) is 85.9 Å². The molecule has 0 aromatic carbocycles. The Bertz CT molecular complexity index is 385. The molecule has 1 N–H and O–H groups in total. The first-order valence-electron chi connectivity index (χ1n) is 8.22. The van der Waals surface area contributed by atoms with Gasteiger partial charge in [-0.1, -0.05) is 48.0 Å². The van der Waals surface area contributed by atoms with Crippen LogP contribution in [0.1, 0.15) is 67.7 Å². The van der Waals surface area contributed by atoms with Gasteiger partial charge in [-0.05, 0) is 31.1 Å². The van der Waals surface area contributed by atoms with Gasteiger partial charge in [-0.25, -0.2) is 0 Å². The quantitative estimate of drug-likeness (QED) is 0.848. The lowest BCUT2D eigenvalue weighted by Crippen LogP contribution is -2.68. The first-order chi connectivity index (χ1) is 9.59. The number of carbonyl (C=O) groups excluding carboxylic acids is 2. The van der Waals surface area contributed by atoms with Gasteiger partial charge in [0.2, 0.25) is 11.8 Å². The molecule has 0 radical (unpaired) electrons. The van der Waals surface area contributed by atoms with Gasteiger partial charge in [0.1, 0.15) is 12.1 Å². The molecule has 0 bridgehead atoms. The number of hydrogen-bond acceptors (Lipinski definition) is 2. The van der Waals surface area contributed by atoms with Crippen molar-refractivity contribution in [1.82, 2.24) is 10.2 Å². The summed E-state index contributed by atoms with van der Waals surface area (Å²) in [4.78, 5) is 27.3. The van der Waals surface area contributed by atoms with E-state index in [2.05, 4.69) is 33.0 Å². The average Bonchev–Trinajstić information content (AvgIpc) is 2.30. The minimum atomic E-state index is -0.380. The van der Waals surface area contributed by atoms with Gasteiger partial charge >= 0.3 is 0 Å². The largest absolute Gasteiger partial charge is 0.342 e. The standard InChI is InChI=1S/C17H32N2O2/c1-8-9-12(4)19-14(17(5,6)7)15(20)18-13(16(19)21)10-11(2)3/h11-14H,8-10H2,1-7H3,(H,18,20). The van der Waals surface area contributed by atoms with E-state index in [4.69, 9.17) is 0 Å². The fourth-order valence-corrected chi connectivity index (χ4v) is 3.22. The predicted molar refractivity (Wildman–Crippen MR) is 85.8 cm³/mol. The molecule has 2 amide bonds. The average molecular weight is 296 g/mol. The second-order valence-electron chi connectivity index (χ2n) is 7.84. The Morgan fingerprint density at radius 1 is 1.19 bits per heavy atom. The van der Waals surface area contributed by atoms with Crippen molar-refractivity contribution in [2.75, 3.05) is 0 Å². The van der Waals surface area contributed by atoms with Crippen molar-refractivity contribution in [2.24, 2.45) is 11.3 Å². The number of nitrogens with zero attached hydrogens (tertiary/aromatic N) is 1. The molecule has 1 aliphatic heterocycles. The van der Waals surface area contributed by atoms with Crippen LogP contribution in [0.3, 0.4) is 0 Å². The van der Waals surface area contributed by atoms with Crippen LogP contribution in [0.5, 0.6) is 0 Å². The van der Waals surface area contributed by atoms with Gasteiger partial charge in [0.15, 0.2) is 0 Å². The SMILES string of the molecule is CCCC(C)N1C(=O)C(CC(C)C)NC(=O)C1C(C)(C)C. The van der Waals surface area contributed by atoms with Crippen molar-refractivity contribution in [1.29, 1.82) is 0 Å². The van der Waals surface area contributed by atoms with Gasteiger partial charge in [0, 0.05) is 6.04 Å². The molecule has 122 valence electrons. The van der Waals surface area contributed by atoms with Crippen molar-refractivity contribution in [3.8, 4) is 0 Å². The lowest BCUT2D eigenvalue weighted by atomic mass is 9.81. The molecule has 0 aromatic heterocycles. The predicted octanol–water partition coefficient (Wildman–Crippen LogP) is 2.96. The van der Waals surface area contributed by atoms with Crippen LogP contribution in [0.4, 0.5) is 0 Å². The fraction of sp³-hybridized carbons (Fsp3) is 0.882. The van der Waals surface area contributed by atoms with Crippen molar-refractivity contribution >= 4 is 11.8 Å². The Morgan fingerprint density at radius 2 is 1.76 bits per heavy atom. The van der Waals surface area contributed by atoms with Gasteiger partial charge in [-0.15, -0.1) is 0 Å². The van der Waals surface area contributed by atoms with Gasteiger partial charge < -0.3 is 10.2 Å². The Morgan fingerprint density at radius 3 is 2.19 bits per heavy atom. The Kier molecular flexibility index (Phi) is 5.83. The van der Waals surface area contributed by atoms with E-state index in [1.807, 2.05) is 25.7 Å². The highest BCUT2D eigenvalue weighted by atomic mass is 16.2. The summed E-state index contributed by atoms with van der Waals surface area (Å²) >= 11 is 0. The van der Waals surface area contributed by atoms with Crippen molar-refractivity contribution in [3.05, 3.63) is 0 Å². The summed E-state index contributed by atoms with van der Waals surface area (Å²) in [5.74, 6) is 0.466. The van der Waals surface area contributed by atoms with E-state index >= 15 is 0 Å². The van der Waals surface area contributed by atoms with E-state index in [1.165, 1.54) is 0 Å². The Balaban J connectivity index is 3.11. The van der Waals surface area contributed by atoms with Gasteiger partial charge in [-0.3, -0.25) is 9.59 Å². The first-order valence-corrected chi connectivity index (χ1v) is 8.22. The number of amides is 2. The maximum absolute atomic E-state index is 12.9. The Labute approximate surface area is 129 Å². The van der Waals surface area contributed by atoms with E-state index in [0.29, 0.717) is 12.3 Å². The highest BCUT2D eigenvalue weighted by Crippen LogP contribution is 2.31. The van der Waals surface area contributed by atoms with Crippen LogP contribution < -0.4 is 5.32 Å². The van der Waals surface area contributed by atoms with Crippen LogP contribution in [0.25, 0.3) is 0 Å². The number of piperazine rings is 1. The zero-order valence-electron chi connectivity index (χ0n) is 14.7. The maximum atomic E-state index is 12.9. The summed E-state index contributed by atoms with van der Waals surface area (Å²) in [5.41, 5.74) is -0.259. The fourth-order valence-electron chi connectivity index (χ4n) is 3.22. The third kappa shape index (κ3) is 4.21. The lowest BCUT2D eigenvalue weighted by Gasteiger charge is -2.47. The van der Waals surface area contributed by atoms with E-state index in [1.54, 1.807) is 0 Å². The van der Waals surface area contributed by atoms with Crippen LogP contribution in [0.2, 0.25) is 0 Å². The third-order valence-corrected chi connectivity index (χ3v) is 4.10. The lowest BCUT2D eigenvalue weighted by molar-refractivity contribution is -0.157. The first kappa shape index (κ1) is 18.0. The molecule has 1 rings (SSSR count). The minimum absolute atomic E-state index is 0.00398. The summed E-state index contributed by atoms with van der Waals surface area (Å²) in [6, 6.07) is -0.641. The molecule has 21 heavy (non-hydrogen) atoms. The monoisotopic (exact) mass is 296 g/mol. The Hall–Kier alpha value is -1.06. The van der Waals surface area contributed by atoms with Crippen LogP contribution in [-0.4, -0.2) is 34.8 Å². The van der Waals surface area contributed by atoms with E-state index in [-0.39, 0.29) is 35.4 Å². The normalized spacial score (nSPS) is 25.2. The summed E-state index contributed by atoms with van der Waals surface area (Å²) in [5, 5.41) is 2.95. The highest BCUT2D eigenvalue weighted by molar-refractivity contribution is 5.97. The molecule has 4 nitrogen and oxygen atoms in total.